The molecule has 3 aromatic rings. The normalized spacial score (nSPS) is 10.6. The third-order valence-corrected chi connectivity index (χ3v) is 3.37. The van der Waals surface area contributed by atoms with Gasteiger partial charge >= 0.3 is 5.97 Å². The summed E-state index contributed by atoms with van der Waals surface area (Å²) in [6, 6.07) is 13.4. The first-order valence-corrected chi connectivity index (χ1v) is 6.92. The van der Waals surface area contributed by atoms with E-state index in [2.05, 4.69) is 4.98 Å². The second-order valence-electron chi connectivity index (χ2n) is 4.95. The van der Waals surface area contributed by atoms with E-state index in [9.17, 15) is 14.9 Å². The molecule has 0 fully saturated rings. The molecule has 0 bridgehead atoms. The van der Waals surface area contributed by atoms with Crippen LogP contribution in [-0.4, -0.2) is 20.4 Å². The molecule has 0 saturated heterocycles. The standard InChI is InChI=1S/C16H13N3O4/c20-16(9-18-11-17-14-3-1-2-4-15(14)18)23-10-12-5-7-13(8-6-12)19(21)22/h1-8,11H,9-10H2. The minimum Gasteiger partial charge on any atom is -0.459 e. The Bertz CT molecular complexity index is 855. The van der Waals surface area contributed by atoms with Crippen LogP contribution in [0.15, 0.2) is 54.9 Å². The molecule has 0 aliphatic carbocycles. The summed E-state index contributed by atoms with van der Waals surface area (Å²) in [7, 11) is 0. The summed E-state index contributed by atoms with van der Waals surface area (Å²) in [6.45, 7) is 0.136. The van der Waals surface area contributed by atoms with E-state index in [0.717, 1.165) is 11.0 Å². The smallest absolute Gasteiger partial charge is 0.326 e. The van der Waals surface area contributed by atoms with Crippen LogP contribution in [-0.2, 0) is 22.7 Å². The summed E-state index contributed by atoms with van der Waals surface area (Å²) >= 11 is 0. The summed E-state index contributed by atoms with van der Waals surface area (Å²) in [4.78, 5) is 26.2. The second-order valence-corrected chi connectivity index (χ2v) is 4.95. The molecule has 2 aromatic carbocycles. The molecule has 0 atom stereocenters. The van der Waals surface area contributed by atoms with E-state index < -0.39 is 10.9 Å². The number of para-hydroxylation sites is 2. The number of carbonyl (C=O) groups excluding carboxylic acids is 1. The summed E-state index contributed by atoms with van der Waals surface area (Å²) in [6.07, 6.45) is 1.60. The van der Waals surface area contributed by atoms with Crippen LogP contribution in [0.25, 0.3) is 11.0 Å². The Hall–Kier alpha value is -3.22. The zero-order valence-corrected chi connectivity index (χ0v) is 12.1. The van der Waals surface area contributed by atoms with E-state index >= 15 is 0 Å². The maximum absolute atomic E-state index is 11.9. The number of ether oxygens (including phenoxy) is 1. The third-order valence-electron chi connectivity index (χ3n) is 3.37. The molecule has 7 heteroatoms. The maximum Gasteiger partial charge on any atom is 0.326 e. The Labute approximate surface area is 131 Å². The summed E-state index contributed by atoms with van der Waals surface area (Å²) in [5, 5.41) is 10.6. The fourth-order valence-corrected chi connectivity index (χ4v) is 2.20. The van der Waals surface area contributed by atoms with Gasteiger partial charge in [0.1, 0.15) is 13.2 Å². The van der Waals surface area contributed by atoms with Crippen molar-refractivity contribution in [3.63, 3.8) is 0 Å². The number of nitrogens with zero attached hydrogens (tertiary/aromatic N) is 3. The number of esters is 1. The molecule has 0 aliphatic heterocycles. The highest BCUT2D eigenvalue weighted by atomic mass is 16.6. The number of imidazole rings is 1. The number of non-ortho nitro benzene ring substituents is 1. The number of fused-ring (bicyclic) bond motifs is 1. The highest BCUT2D eigenvalue weighted by molar-refractivity contribution is 5.78. The number of carbonyl (C=O) groups is 1. The third kappa shape index (κ3) is 3.34. The maximum atomic E-state index is 11.9. The predicted octanol–water partition coefficient (Wildman–Crippen LogP) is 2.69. The summed E-state index contributed by atoms with van der Waals surface area (Å²) < 4.78 is 6.91. The fourth-order valence-electron chi connectivity index (χ4n) is 2.20. The highest BCUT2D eigenvalue weighted by Gasteiger charge is 2.09. The molecule has 116 valence electrons. The topological polar surface area (TPSA) is 87.3 Å². The Morgan fingerprint density at radius 3 is 2.65 bits per heavy atom. The summed E-state index contributed by atoms with van der Waals surface area (Å²) in [5.74, 6) is -0.397. The Kier molecular flexibility index (Phi) is 4.01. The van der Waals surface area contributed by atoms with Crippen LogP contribution in [0.2, 0.25) is 0 Å². The average molecular weight is 311 g/mol. The molecule has 0 saturated carbocycles. The van der Waals surface area contributed by atoms with Crippen LogP contribution in [0.4, 0.5) is 5.69 Å². The molecule has 0 amide bonds. The Morgan fingerprint density at radius 1 is 1.17 bits per heavy atom. The number of hydrogen-bond donors (Lipinski definition) is 0. The van der Waals surface area contributed by atoms with Crippen molar-refractivity contribution >= 4 is 22.7 Å². The molecule has 0 aliphatic rings. The lowest BCUT2D eigenvalue weighted by Crippen LogP contribution is -2.12. The van der Waals surface area contributed by atoms with Crippen molar-refractivity contribution in [3.8, 4) is 0 Å². The van der Waals surface area contributed by atoms with Crippen LogP contribution in [0, 0.1) is 10.1 Å². The quantitative estimate of drug-likeness (QED) is 0.411. The lowest BCUT2D eigenvalue weighted by molar-refractivity contribution is -0.384. The van der Waals surface area contributed by atoms with Crippen molar-refractivity contribution in [2.24, 2.45) is 0 Å². The Balaban J connectivity index is 1.60. The lowest BCUT2D eigenvalue weighted by atomic mass is 10.2. The first kappa shape index (κ1) is 14.7. The number of aromatic nitrogens is 2. The monoisotopic (exact) mass is 311 g/mol. The molecule has 7 nitrogen and oxygen atoms in total. The minimum atomic E-state index is -0.472. The van der Waals surface area contributed by atoms with E-state index in [-0.39, 0.29) is 18.8 Å². The summed E-state index contributed by atoms with van der Waals surface area (Å²) in [5.41, 5.74) is 2.37. The van der Waals surface area contributed by atoms with Gasteiger partial charge in [0.15, 0.2) is 0 Å². The molecule has 0 unspecified atom stereocenters. The van der Waals surface area contributed by atoms with Gasteiger partial charge in [-0.2, -0.15) is 0 Å². The van der Waals surface area contributed by atoms with Gasteiger partial charge in [-0.25, -0.2) is 4.98 Å². The molecule has 0 N–H and O–H groups in total. The Morgan fingerprint density at radius 2 is 1.91 bits per heavy atom. The lowest BCUT2D eigenvalue weighted by Gasteiger charge is -2.06. The zero-order chi connectivity index (χ0) is 16.2. The van der Waals surface area contributed by atoms with Crippen molar-refractivity contribution < 1.29 is 14.5 Å². The number of rotatable bonds is 5. The van der Waals surface area contributed by atoms with Crippen molar-refractivity contribution in [1.82, 2.24) is 9.55 Å². The number of nitro groups is 1. The first-order chi connectivity index (χ1) is 11.1. The molecule has 3 rings (SSSR count). The fraction of sp³-hybridized carbons (Fsp3) is 0.125. The van der Waals surface area contributed by atoms with Crippen molar-refractivity contribution in [2.75, 3.05) is 0 Å². The van der Waals surface area contributed by atoms with Gasteiger partial charge in [0.2, 0.25) is 0 Å². The number of nitro benzene ring substituents is 1. The average Bonchev–Trinajstić information content (AvgIpc) is 2.96. The van der Waals surface area contributed by atoms with Gasteiger partial charge < -0.3 is 9.30 Å². The molecule has 1 heterocycles. The molecule has 0 spiro atoms. The van der Waals surface area contributed by atoms with E-state index in [1.165, 1.54) is 12.1 Å². The number of benzene rings is 2. The van der Waals surface area contributed by atoms with Gasteiger partial charge in [0.05, 0.1) is 22.3 Å². The van der Waals surface area contributed by atoms with Gasteiger partial charge in [-0.1, -0.05) is 12.1 Å². The van der Waals surface area contributed by atoms with Gasteiger partial charge in [-0.15, -0.1) is 0 Å². The van der Waals surface area contributed by atoms with Crippen LogP contribution in [0.5, 0.6) is 0 Å². The second kappa shape index (κ2) is 6.27. The van der Waals surface area contributed by atoms with Crippen molar-refractivity contribution in [2.45, 2.75) is 13.2 Å². The minimum absolute atomic E-state index is 0.00459. The van der Waals surface area contributed by atoms with Crippen molar-refractivity contribution in [1.29, 1.82) is 0 Å². The van der Waals surface area contributed by atoms with Gasteiger partial charge in [0.25, 0.3) is 5.69 Å². The molecule has 23 heavy (non-hydrogen) atoms. The van der Waals surface area contributed by atoms with E-state index in [0.29, 0.717) is 5.56 Å². The van der Waals surface area contributed by atoms with E-state index in [1.54, 1.807) is 23.0 Å². The highest BCUT2D eigenvalue weighted by Crippen LogP contribution is 2.14. The first-order valence-electron chi connectivity index (χ1n) is 6.92. The van der Waals surface area contributed by atoms with Crippen LogP contribution in [0.3, 0.4) is 0 Å². The van der Waals surface area contributed by atoms with Crippen LogP contribution < -0.4 is 0 Å². The largest absolute Gasteiger partial charge is 0.459 e. The molecular formula is C16H13N3O4. The van der Waals surface area contributed by atoms with Crippen molar-refractivity contribution in [3.05, 3.63) is 70.5 Å². The van der Waals surface area contributed by atoms with Gasteiger partial charge in [-0.05, 0) is 29.8 Å². The molecule has 1 aromatic heterocycles. The van der Waals surface area contributed by atoms with Crippen LogP contribution in [0.1, 0.15) is 5.56 Å². The van der Waals surface area contributed by atoms with Crippen LogP contribution >= 0.6 is 0 Å². The SMILES string of the molecule is O=C(Cn1cnc2ccccc21)OCc1ccc([N+](=O)[O-])cc1. The van der Waals surface area contributed by atoms with Gasteiger partial charge in [-0.3, -0.25) is 14.9 Å². The van der Waals surface area contributed by atoms with E-state index in [4.69, 9.17) is 4.74 Å². The zero-order valence-electron chi connectivity index (χ0n) is 12.1. The molecular weight excluding hydrogens is 298 g/mol. The van der Waals surface area contributed by atoms with Gasteiger partial charge in [0, 0.05) is 12.1 Å². The predicted molar refractivity (Wildman–Crippen MR) is 82.6 cm³/mol. The number of hydrogen-bond acceptors (Lipinski definition) is 5. The van der Waals surface area contributed by atoms with E-state index in [1.807, 2.05) is 24.3 Å². The molecule has 0 radical (unpaired) electrons.